The number of nitrogens with zero attached hydrogens (tertiary/aromatic N) is 1. The van der Waals surface area contributed by atoms with Crippen LogP contribution in [0.1, 0.15) is 23.2 Å². The topological polar surface area (TPSA) is 83.5 Å². The molecule has 2 unspecified atom stereocenters. The number of hydrogen-bond donors (Lipinski definition) is 2. The van der Waals surface area contributed by atoms with Crippen molar-refractivity contribution >= 4 is 22.6 Å². The molecule has 2 atom stereocenters. The Labute approximate surface area is 129 Å². The number of Topliss-reactive ketones (excluding diaryl/α,β-unsaturated/α-hetero) is 1. The van der Waals surface area contributed by atoms with Crippen molar-refractivity contribution in [3.63, 3.8) is 0 Å². The molecular formula is C15H16N2O4S. The molecule has 0 spiro atoms. The van der Waals surface area contributed by atoms with E-state index in [1.807, 2.05) is 33.9 Å². The largest absolute Gasteiger partial charge is 0.364 e. The van der Waals surface area contributed by atoms with Crippen molar-refractivity contribution in [2.24, 2.45) is 5.92 Å². The summed E-state index contributed by atoms with van der Waals surface area (Å²) in [6, 6.07) is 8.87. The third-order valence-electron chi connectivity index (χ3n) is 4.21. The van der Waals surface area contributed by atoms with Crippen LogP contribution in [0.15, 0.2) is 42.1 Å². The van der Waals surface area contributed by atoms with E-state index in [1.54, 1.807) is 12.1 Å². The third-order valence-corrected chi connectivity index (χ3v) is 4.62. The molecule has 2 aliphatic rings. The van der Waals surface area contributed by atoms with Gasteiger partial charge in [-0.1, -0.05) is 36.4 Å². The maximum absolute atomic E-state index is 12.5. The second kappa shape index (κ2) is 5.92. The van der Waals surface area contributed by atoms with Crippen molar-refractivity contribution in [2.75, 3.05) is 6.54 Å². The van der Waals surface area contributed by atoms with Crippen LogP contribution in [-0.2, 0) is 15.7 Å². The van der Waals surface area contributed by atoms with Gasteiger partial charge in [0.2, 0.25) is 22.6 Å². The van der Waals surface area contributed by atoms with E-state index in [1.165, 1.54) is 0 Å². The van der Waals surface area contributed by atoms with Gasteiger partial charge in [-0.05, 0) is 12.8 Å². The molecular weight excluding hydrogens is 304 g/mol. The zero-order valence-electron chi connectivity index (χ0n) is 11.8. The molecule has 1 N–H and O–H groups in total. The van der Waals surface area contributed by atoms with E-state index in [0.717, 1.165) is 0 Å². The molecule has 116 valence electrons. The third kappa shape index (κ3) is 2.64. The first kappa shape index (κ1) is 14.8. The summed E-state index contributed by atoms with van der Waals surface area (Å²) in [7, 11) is -2.94. The molecule has 0 bridgehead atoms. The van der Waals surface area contributed by atoms with E-state index in [9.17, 15) is 18.0 Å². The molecule has 22 heavy (non-hydrogen) atoms. The van der Waals surface area contributed by atoms with Crippen LogP contribution in [-0.4, -0.2) is 37.6 Å². The van der Waals surface area contributed by atoms with E-state index in [0.29, 0.717) is 30.6 Å². The monoisotopic (exact) mass is 320 g/mol. The predicted molar refractivity (Wildman–Crippen MR) is 80.5 cm³/mol. The fourth-order valence-electron chi connectivity index (χ4n) is 3.23. The Bertz CT molecular complexity index is 704. The fourth-order valence-corrected chi connectivity index (χ4v) is 3.58. The van der Waals surface area contributed by atoms with Gasteiger partial charge >= 0.3 is 0 Å². The number of amides is 1. The molecule has 1 saturated heterocycles. The molecule has 6 nitrogen and oxygen atoms in total. The van der Waals surface area contributed by atoms with Gasteiger partial charge in [-0.25, -0.2) is 8.42 Å². The van der Waals surface area contributed by atoms with Crippen molar-refractivity contribution in [3.8, 4) is 0 Å². The number of fused-ring (bicyclic) bond motifs is 1. The van der Waals surface area contributed by atoms with Gasteiger partial charge in [0.25, 0.3) is 0 Å². The molecule has 1 fully saturated rings. The molecule has 0 saturated carbocycles. The highest BCUT2D eigenvalue weighted by molar-refractivity contribution is 7.71. The van der Waals surface area contributed by atoms with Crippen molar-refractivity contribution in [1.29, 1.82) is 0 Å². The lowest BCUT2D eigenvalue weighted by molar-refractivity contribution is -0.123. The number of carbonyl (C=O) groups excluding carboxylic acids is 2. The highest BCUT2D eigenvalue weighted by Gasteiger charge is 2.43. The van der Waals surface area contributed by atoms with Crippen molar-refractivity contribution in [2.45, 2.75) is 18.9 Å². The zero-order valence-corrected chi connectivity index (χ0v) is 12.7. The minimum absolute atomic E-state index is 0.0564. The van der Waals surface area contributed by atoms with Crippen LogP contribution in [0, 0.1) is 5.92 Å². The van der Waals surface area contributed by atoms with Gasteiger partial charge < -0.3 is 4.90 Å². The second-order valence-corrected chi connectivity index (χ2v) is 6.15. The molecule has 2 aliphatic heterocycles. The first-order chi connectivity index (χ1) is 10.6. The molecule has 1 aromatic rings. The van der Waals surface area contributed by atoms with Crippen LogP contribution in [0.25, 0.3) is 0 Å². The lowest BCUT2D eigenvalue weighted by Crippen LogP contribution is -2.37. The lowest BCUT2D eigenvalue weighted by atomic mass is 9.98. The minimum atomic E-state index is -2.94. The molecule has 0 aromatic heterocycles. The first-order valence-electron chi connectivity index (χ1n) is 7.09. The van der Waals surface area contributed by atoms with Gasteiger partial charge in [-0.3, -0.25) is 14.3 Å². The summed E-state index contributed by atoms with van der Waals surface area (Å²) in [5, 5.41) is 0. The Morgan fingerprint density at radius 1 is 1.18 bits per heavy atom. The Hall–Kier alpha value is -2.15. The van der Waals surface area contributed by atoms with Crippen LogP contribution >= 0.6 is 0 Å². The Morgan fingerprint density at radius 3 is 2.59 bits per heavy atom. The van der Waals surface area contributed by atoms with Crippen LogP contribution < -0.4 is 4.72 Å². The van der Waals surface area contributed by atoms with E-state index in [2.05, 4.69) is 0 Å². The van der Waals surface area contributed by atoms with Crippen LogP contribution in [0.3, 0.4) is 0 Å². The van der Waals surface area contributed by atoms with Gasteiger partial charge in [-0.15, -0.1) is 0 Å². The van der Waals surface area contributed by atoms with Crippen molar-refractivity contribution in [3.05, 3.63) is 47.7 Å². The van der Waals surface area contributed by atoms with Gasteiger partial charge in [0.1, 0.15) is 0 Å². The Kier molecular flexibility index (Phi) is 3.98. The number of rotatable bonds is 4. The minimum Gasteiger partial charge on any atom is -0.364 e. The quantitative estimate of drug-likeness (QED) is 0.623. The zero-order chi connectivity index (χ0) is 15.7. The Balaban J connectivity index is 1.75. The van der Waals surface area contributed by atoms with Crippen LogP contribution in [0.4, 0.5) is 0 Å². The van der Waals surface area contributed by atoms with Gasteiger partial charge in [0, 0.05) is 18.2 Å². The van der Waals surface area contributed by atoms with Gasteiger partial charge in [0.05, 0.1) is 11.6 Å². The average molecular weight is 320 g/mol. The van der Waals surface area contributed by atoms with Crippen LogP contribution in [0.2, 0.25) is 0 Å². The fraction of sp³-hybridized carbons (Fsp3) is 0.333. The molecule has 0 radical (unpaired) electrons. The van der Waals surface area contributed by atoms with Crippen molar-refractivity contribution in [1.82, 2.24) is 9.62 Å². The summed E-state index contributed by atoms with van der Waals surface area (Å²) in [6.45, 7) is 0.586. The van der Waals surface area contributed by atoms with E-state index >= 15 is 0 Å². The maximum Gasteiger partial charge on any atom is 0.238 e. The van der Waals surface area contributed by atoms with Gasteiger partial charge in [-0.2, -0.15) is 0 Å². The summed E-state index contributed by atoms with van der Waals surface area (Å²) in [6.07, 6.45) is 2.98. The summed E-state index contributed by atoms with van der Waals surface area (Å²) in [5.41, 5.74) is 1.22. The number of carbonyl (C=O) groups is 2. The normalized spacial score (nSPS) is 23.3. The van der Waals surface area contributed by atoms with Crippen LogP contribution in [0.5, 0.6) is 0 Å². The molecule has 0 aliphatic carbocycles. The molecule has 1 aromatic carbocycles. The smallest absolute Gasteiger partial charge is 0.238 e. The number of allylic oxidation sites excluding steroid dienone is 1. The number of thiol groups is 1. The number of hydrogen-bond acceptors (Lipinski definition) is 5. The van der Waals surface area contributed by atoms with E-state index < -0.39 is 22.7 Å². The highest BCUT2D eigenvalue weighted by atomic mass is 32.2. The Morgan fingerprint density at radius 2 is 1.91 bits per heavy atom. The average Bonchev–Trinajstić information content (AvgIpc) is 3.08. The predicted octanol–water partition coefficient (Wildman–Crippen LogP) is 0.490. The SMILES string of the molecule is O=C(C1=CCC2C(C(=O)N[SH](=O)=O)CCN12)c1ccccc1. The second-order valence-electron chi connectivity index (χ2n) is 5.41. The summed E-state index contributed by atoms with van der Waals surface area (Å²) in [5.74, 6) is -0.935. The molecule has 7 heteroatoms. The molecule has 2 heterocycles. The molecule has 3 rings (SSSR count). The molecule has 1 amide bonds. The lowest BCUT2D eigenvalue weighted by Gasteiger charge is -2.23. The summed E-state index contributed by atoms with van der Waals surface area (Å²) >= 11 is 0. The van der Waals surface area contributed by atoms with Crippen molar-refractivity contribution < 1.29 is 18.0 Å². The number of benzene rings is 1. The van der Waals surface area contributed by atoms with Gasteiger partial charge in [0.15, 0.2) is 0 Å². The standard InChI is InChI=1S/C15H16N2O4S/c18-14(10-4-2-1-3-5-10)13-7-6-12-11(8-9-17(12)13)15(19)16-22(20)21/h1-5,7,11-12,22H,6,8-9H2,(H,16,19,20,21). The maximum atomic E-state index is 12.5. The van der Waals surface area contributed by atoms with E-state index in [4.69, 9.17) is 0 Å². The summed E-state index contributed by atoms with van der Waals surface area (Å²) < 4.78 is 23.2. The first-order valence-corrected chi connectivity index (χ1v) is 8.27. The van der Waals surface area contributed by atoms with E-state index in [-0.39, 0.29) is 11.8 Å². The summed E-state index contributed by atoms with van der Waals surface area (Å²) in [4.78, 5) is 26.4. The number of nitrogens with one attached hydrogen (secondary N) is 1. The highest BCUT2D eigenvalue weighted by Crippen LogP contribution is 2.36. The number of ketones is 1.